The Balaban J connectivity index is 1.74. The van der Waals surface area contributed by atoms with Gasteiger partial charge in [-0.25, -0.2) is 4.39 Å². The highest BCUT2D eigenvalue weighted by atomic mass is 35.5. The number of amides is 2. The Bertz CT molecular complexity index is 867. The van der Waals surface area contributed by atoms with Crippen LogP contribution in [0.2, 0.25) is 5.02 Å². The number of ether oxygens (including phenoxy) is 1. The van der Waals surface area contributed by atoms with Crippen LogP contribution in [0.3, 0.4) is 0 Å². The zero-order valence-corrected chi connectivity index (χ0v) is 16.8. The molecule has 2 aromatic rings. The predicted octanol–water partition coefficient (Wildman–Crippen LogP) is 4.32. The van der Waals surface area contributed by atoms with Gasteiger partial charge in [-0.15, -0.1) is 0 Å². The van der Waals surface area contributed by atoms with Gasteiger partial charge in [0.05, 0.1) is 5.56 Å². The molecule has 0 atom stereocenters. The van der Waals surface area contributed by atoms with Crippen molar-refractivity contribution in [3.8, 4) is 5.75 Å². The first-order chi connectivity index (χ1) is 13.9. The molecular weight excluding hydrogens is 395 g/mol. The fourth-order valence-electron chi connectivity index (χ4n) is 3.64. The molecule has 7 heteroatoms. The van der Waals surface area contributed by atoms with Crippen LogP contribution >= 0.6 is 11.6 Å². The molecule has 2 amide bonds. The van der Waals surface area contributed by atoms with E-state index in [4.69, 9.17) is 22.1 Å². The molecule has 154 valence electrons. The van der Waals surface area contributed by atoms with Crippen molar-refractivity contribution >= 4 is 23.4 Å². The first kappa shape index (κ1) is 21.1. The quantitative estimate of drug-likeness (QED) is 0.727. The summed E-state index contributed by atoms with van der Waals surface area (Å²) in [6.45, 7) is 0.163. The Morgan fingerprint density at radius 2 is 1.79 bits per heavy atom. The van der Waals surface area contributed by atoms with Crippen LogP contribution in [-0.2, 0) is 11.3 Å². The second kappa shape index (κ2) is 9.74. The smallest absolute Gasteiger partial charge is 0.261 e. The van der Waals surface area contributed by atoms with Gasteiger partial charge in [-0.2, -0.15) is 0 Å². The Kier molecular flexibility index (Phi) is 7.09. The van der Waals surface area contributed by atoms with E-state index in [9.17, 15) is 14.0 Å². The summed E-state index contributed by atoms with van der Waals surface area (Å²) in [6, 6.07) is 10.8. The highest BCUT2D eigenvalue weighted by Crippen LogP contribution is 2.26. The van der Waals surface area contributed by atoms with Crippen LogP contribution in [0, 0.1) is 5.82 Å². The third-order valence-electron chi connectivity index (χ3n) is 5.16. The minimum atomic E-state index is -0.676. The number of rotatable bonds is 7. The number of halogens is 2. The number of hydrogen-bond donors (Lipinski definition) is 1. The molecule has 0 saturated heterocycles. The number of carbonyl (C=O) groups is 2. The van der Waals surface area contributed by atoms with Gasteiger partial charge in [-0.1, -0.05) is 43.0 Å². The second-order valence-corrected chi connectivity index (χ2v) is 7.67. The molecule has 0 bridgehead atoms. The predicted molar refractivity (Wildman–Crippen MR) is 109 cm³/mol. The van der Waals surface area contributed by atoms with Crippen LogP contribution in [0.4, 0.5) is 4.39 Å². The van der Waals surface area contributed by atoms with E-state index in [1.807, 2.05) is 0 Å². The van der Waals surface area contributed by atoms with E-state index in [-0.39, 0.29) is 35.7 Å². The molecular formula is C22H24ClFN2O3. The first-order valence-corrected chi connectivity index (χ1v) is 10.1. The third kappa shape index (κ3) is 5.70. The topological polar surface area (TPSA) is 72.6 Å². The van der Waals surface area contributed by atoms with Crippen molar-refractivity contribution in [2.24, 2.45) is 5.73 Å². The lowest BCUT2D eigenvalue weighted by atomic mass is 9.93. The van der Waals surface area contributed by atoms with Crippen LogP contribution < -0.4 is 10.5 Å². The number of primary amides is 1. The van der Waals surface area contributed by atoms with Crippen molar-refractivity contribution in [1.82, 2.24) is 4.90 Å². The molecule has 5 nitrogen and oxygen atoms in total. The van der Waals surface area contributed by atoms with E-state index in [2.05, 4.69) is 0 Å². The summed E-state index contributed by atoms with van der Waals surface area (Å²) in [7, 11) is 0. The van der Waals surface area contributed by atoms with Crippen molar-refractivity contribution in [3.05, 3.63) is 64.4 Å². The van der Waals surface area contributed by atoms with E-state index < -0.39 is 5.91 Å². The maximum Gasteiger partial charge on any atom is 0.261 e. The van der Waals surface area contributed by atoms with Gasteiger partial charge in [0.2, 0.25) is 0 Å². The molecule has 0 aromatic heterocycles. The minimum absolute atomic E-state index is 0.116. The van der Waals surface area contributed by atoms with E-state index in [0.29, 0.717) is 11.6 Å². The Hall–Kier alpha value is -2.60. The van der Waals surface area contributed by atoms with Crippen LogP contribution in [-0.4, -0.2) is 29.4 Å². The van der Waals surface area contributed by atoms with Gasteiger partial charge in [-0.05, 0) is 48.7 Å². The van der Waals surface area contributed by atoms with Crippen molar-refractivity contribution in [1.29, 1.82) is 0 Å². The van der Waals surface area contributed by atoms with Crippen molar-refractivity contribution in [3.63, 3.8) is 0 Å². The van der Waals surface area contributed by atoms with E-state index in [1.54, 1.807) is 23.1 Å². The lowest BCUT2D eigenvalue weighted by Gasteiger charge is -2.34. The fourth-order valence-corrected chi connectivity index (χ4v) is 3.82. The molecule has 0 spiro atoms. The maximum atomic E-state index is 13.2. The average molecular weight is 419 g/mol. The fraction of sp³-hybridized carbons (Fsp3) is 0.364. The summed E-state index contributed by atoms with van der Waals surface area (Å²) in [4.78, 5) is 26.4. The molecule has 0 heterocycles. The van der Waals surface area contributed by atoms with E-state index in [1.165, 1.54) is 30.7 Å². The zero-order valence-electron chi connectivity index (χ0n) is 16.1. The molecule has 0 radical (unpaired) electrons. The Morgan fingerprint density at radius 3 is 2.45 bits per heavy atom. The molecule has 1 aliphatic carbocycles. The minimum Gasteiger partial charge on any atom is -0.483 e. The maximum absolute atomic E-state index is 13.2. The lowest BCUT2D eigenvalue weighted by molar-refractivity contribution is -0.137. The standard InChI is InChI=1S/C22H24ClFN2O3/c23-16-8-11-20(19(12-16)22(25)28)29-14-21(27)26(18-4-2-1-3-5-18)13-15-6-9-17(24)10-7-15/h6-12,18H,1-5,13-14H2,(H2,25,28). The molecule has 2 aromatic carbocycles. The normalized spacial score (nSPS) is 14.4. The van der Waals surface area contributed by atoms with E-state index >= 15 is 0 Å². The molecule has 2 N–H and O–H groups in total. The number of benzene rings is 2. The highest BCUT2D eigenvalue weighted by Gasteiger charge is 2.26. The number of nitrogens with zero attached hydrogens (tertiary/aromatic N) is 1. The van der Waals surface area contributed by atoms with E-state index in [0.717, 1.165) is 31.2 Å². The largest absolute Gasteiger partial charge is 0.483 e. The lowest BCUT2D eigenvalue weighted by Crippen LogP contribution is -2.43. The van der Waals surface area contributed by atoms with Gasteiger partial charge in [0.1, 0.15) is 11.6 Å². The number of carbonyl (C=O) groups excluding carboxylic acids is 2. The summed E-state index contributed by atoms with van der Waals surface area (Å²) in [6.07, 6.45) is 5.17. The number of nitrogens with two attached hydrogens (primary N) is 1. The highest BCUT2D eigenvalue weighted by molar-refractivity contribution is 6.31. The van der Waals surface area contributed by atoms with Gasteiger partial charge >= 0.3 is 0 Å². The van der Waals surface area contributed by atoms with Crippen LogP contribution in [0.1, 0.15) is 48.0 Å². The monoisotopic (exact) mass is 418 g/mol. The van der Waals surface area contributed by atoms with Crippen LogP contribution in [0.5, 0.6) is 5.75 Å². The van der Waals surface area contributed by atoms with Gasteiger partial charge in [-0.3, -0.25) is 9.59 Å². The zero-order chi connectivity index (χ0) is 20.8. The molecule has 3 rings (SSSR count). The first-order valence-electron chi connectivity index (χ1n) is 9.70. The molecule has 1 fully saturated rings. The summed E-state index contributed by atoms with van der Waals surface area (Å²) < 4.78 is 18.9. The van der Waals surface area contributed by atoms with Crippen LogP contribution in [0.25, 0.3) is 0 Å². The van der Waals surface area contributed by atoms with Crippen molar-refractivity contribution in [2.75, 3.05) is 6.61 Å². The Labute approximate surface area is 174 Å². The van der Waals surface area contributed by atoms with Gasteiger partial charge in [0.15, 0.2) is 6.61 Å². The van der Waals surface area contributed by atoms with Crippen molar-refractivity contribution < 1.29 is 18.7 Å². The summed E-state index contributed by atoms with van der Waals surface area (Å²) in [5.74, 6) is -0.952. The Morgan fingerprint density at radius 1 is 1.10 bits per heavy atom. The summed E-state index contributed by atoms with van der Waals surface area (Å²) in [5.41, 5.74) is 6.37. The third-order valence-corrected chi connectivity index (χ3v) is 5.40. The van der Waals surface area contributed by atoms with Gasteiger partial charge in [0, 0.05) is 17.6 Å². The molecule has 0 aliphatic heterocycles. The van der Waals surface area contributed by atoms with Gasteiger partial charge < -0.3 is 15.4 Å². The van der Waals surface area contributed by atoms with Crippen LogP contribution in [0.15, 0.2) is 42.5 Å². The molecule has 1 aliphatic rings. The average Bonchev–Trinajstić information content (AvgIpc) is 2.72. The molecule has 1 saturated carbocycles. The molecule has 0 unspecified atom stereocenters. The van der Waals surface area contributed by atoms with Gasteiger partial charge in [0.25, 0.3) is 11.8 Å². The summed E-state index contributed by atoms with van der Waals surface area (Å²) in [5, 5.41) is 0.359. The van der Waals surface area contributed by atoms with Crippen molar-refractivity contribution in [2.45, 2.75) is 44.7 Å². The summed E-state index contributed by atoms with van der Waals surface area (Å²) >= 11 is 5.91. The molecule has 29 heavy (non-hydrogen) atoms. The second-order valence-electron chi connectivity index (χ2n) is 7.23. The SMILES string of the molecule is NC(=O)c1cc(Cl)ccc1OCC(=O)N(Cc1ccc(F)cc1)C1CCCCC1. The number of hydrogen-bond acceptors (Lipinski definition) is 3.